The first-order chi connectivity index (χ1) is 17.8. The lowest BCUT2D eigenvalue weighted by Crippen LogP contribution is -2.36. The number of carbonyl (C=O) groups is 1. The monoisotopic (exact) mass is 535 g/mol. The molecule has 0 spiro atoms. The second-order valence-electron chi connectivity index (χ2n) is 9.14. The lowest BCUT2D eigenvalue weighted by molar-refractivity contribution is -0.149. The van der Waals surface area contributed by atoms with Gasteiger partial charge in [-0.3, -0.25) is 9.78 Å². The molecule has 0 saturated carbocycles. The van der Waals surface area contributed by atoms with E-state index >= 15 is 0 Å². The van der Waals surface area contributed by atoms with Gasteiger partial charge in [0, 0.05) is 23.2 Å². The topological polar surface area (TPSA) is 107 Å². The van der Waals surface area contributed by atoms with Gasteiger partial charge in [-0.15, -0.1) is 0 Å². The van der Waals surface area contributed by atoms with Crippen molar-refractivity contribution in [3.05, 3.63) is 77.2 Å². The minimum atomic E-state index is -4.75. The summed E-state index contributed by atoms with van der Waals surface area (Å²) in [6, 6.07) is 12.2. The first-order valence-electron chi connectivity index (χ1n) is 11.7. The molecule has 0 bridgehead atoms. The molecule has 1 unspecified atom stereocenters. The maximum atomic E-state index is 14.2. The fourth-order valence-corrected chi connectivity index (χ4v) is 3.64. The highest BCUT2D eigenvalue weighted by atomic mass is 19.4. The molecule has 7 nitrogen and oxygen atoms in total. The molecular weight excluding hydrogens is 506 g/mol. The summed E-state index contributed by atoms with van der Waals surface area (Å²) in [6.07, 6.45) is -4.75. The maximum absolute atomic E-state index is 14.2. The lowest BCUT2D eigenvalue weighted by Gasteiger charge is -2.25. The number of nitrogens with zero attached hydrogens (tertiary/aromatic N) is 1. The highest BCUT2D eigenvalue weighted by Gasteiger charge is 2.42. The van der Waals surface area contributed by atoms with Crippen molar-refractivity contribution < 1.29 is 36.9 Å². The van der Waals surface area contributed by atoms with E-state index in [1.807, 2.05) is 0 Å². The predicted octanol–water partition coefficient (Wildman–Crippen LogP) is 4.54. The highest BCUT2D eigenvalue weighted by Crippen LogP contribution is 2.36. The second kappa shape index (κ2) is 11.8. The number of benzene rings is 2. The third-order valence-corrected chi connectivity index (χ3v) is 5.72. The number of aromatic nitrogens is 1. The normalized spacial score (nSPS) is 12.7. The highest BCUT2D eigenvalue weighted by molar-refractivity contribution is 5.94. The van der Waals surface area contributed by atoms with Gasteiger partial charge < -0.3 is 25.6 Å². The van der Waals surface area contributed by atoms with Gasteiger partial charge in [0.05, 0.1) is 25.1 Å². The number of aliphatic hydroxyl groups excluding tert-OH is 1. The summed E-state index contributed by atoms with van der Waals surface area (Å²) in [5, 5.41) is 11.2. The molecule has 1 aromatic heterocycles. The number of carbonyl (C=O) groups excluding carboxylic acids is 1. The lowest BCUT2D eigenvalue weighted by atomic mass is 9.91. The molecule has 4 N–H and O–H groups in total. The van der Waals surface area contributed by atoms with Gasteiger partial charge in [-0.2, -0.15) is 13.2 Å². The molecule has 0 aliphatic carbocycles. The van der Waals surface area contributed by atoms with Crippen molar-refractivity contribution in [1.82, 2.24) is 10.3 Å². The van der Waals surface area contributed by atoms with E-state index < -0.39 is 35.9 Å². The molecule has 0 aliphatic heterocycles. The Morgan fingerprint density at radius 1 is 1.08 bits per heavy atom. The Morgan fingerprint density at radius 3 is 2.34 bits per heavy atom. The predicted molar refractivity (Wildman–Crippen MR) is 134 cm³/mol. The summed E-state index contributed by atoms with van der Waals surface area (Å²) in [5.41, 5.74) is 5.92. The van der Waals surface area contributed by atoms with E-state index in [0.29, 0.717) is 11.1 Å². The van der Waals surface area contributed by atoms with E-state index in [9.17, 15) is 22.4 Å². The van der Waals surface area contributed by atoms with Gasteiger partial charge in [0.15, 0.2) is 11.5 Å². The zero-order valence-corrected chi connectivity index (χ0v) is 21.1. The number of amides is 1. The van der Waals surface area contributed by atoms with Crippen molar-refractivity contribution in [3.8, 4) is 22.8 Å². The average molecular weight is 536 g/mol. The van der Waals surface area contributed by atoms with Crippen molar-refractivity contribution in [3.63, 3.8) is 0 Å². The van der Waals surface area contributed by atoms with E-state index in [-0.39, 0.29) is 41.7 Å². The van der Waals surface area contributed by atoms with Crippen LogP contribution in [0.2, 0.25) is 0 Å². The maximum Gasteiger partial charge on any atom is 0.398 e. The minimum Gasteiger partial charge on any atom is -0.493 e. The minimum absolute atomic E-state index is 0.000739. The molecule has 204 valence electrons. The Kier molecular flexibility index (Phi) is 8.95. The number of nitrogens with two attached hydrogens (primary N) is 1. The van der Waals surface area contributed by atoms with Crippen molar-refractivity contribution in [2.24, 2.45) is 5.73 Å². The van der Waals surface area contributed by atoms with Crippen LogP contribution in [0.15, 0.2) is 54.6 Å². The van der Waals surface area contributed by atoms with Crippen LogP contribution in [-0.4, -0.2) is 49.0 Å². The van der Waals surface area contributed by atoms with Gasteiger partial charge >= 0.3 is 6.18 Å². The third-order valence-electron chi connectivity index (χ3n) is 5.72. The van der Waals surface area contributed by atoms with Crippen LogP contribution in [-0.2, 0) is 5.54 Å². The van der Waals surface area contributed by atoms with Crippen LogP contribution in [0.3, 0.4) is 0 Å². The van der Waals surface area contributed by atoms with Gasteiger partial charge in [-0.05, 0) is 74.0 Å². The number of halogens is 4. The number of hydrogen-bond donors (Lipinski definition) is 3. The second-order valence-corrected chi connectivity index (χ2v) is 9.14. The fourth-order valence-electron chi connectivity index (χ4n) is 3.64. The Labute approximate surface area is 217 Å². The third kappa shape index (κ3) is 7.20. The van der Waals surface area contributed by atoms with Gasteiger partial charge in [0.25, 0.3) is 5.91 Å². The molecule has 1 atom stereocenters. The number of hydrogen-bond acceptors (Lipinski definition) is 6. The molecule has 38 heavy (non-hydrogen) atoms. The standard InChI is InChI=1S/C27H29F4N3O4/c1-26(2,32)18-13-21(16-4-7-19(28)8-5-16)34-22(14-18)20(27(29,30)31)15-33-25(36)17-6-9-23(38-11-10-35)24(12-17)37-3/h4-9,12-14,20,35H,10-11,15,32H2,1-3H3,(H,33,36). The largest absolute Gasteiger partial charge is 0.493 e. The first-order valence-corrected chi connectivity index (χ1v) is 11.7. The number of pyridine rings is 1. The van der Waals surface area contributed by atoms with Crippen molar-refractivity contribution >= 4 is 5.91 Å². The number of methoxy groups -OCH3 is 1. The number of aliphatic hydroxyl groups is 1. The van der Waals surface area contributed by atoms with Gasteiger partial charge in [0.1, 0.15) is 18.3 Å². The van der Waals surface area contributed by atoms with E-state index in [0.717, 1.165) is 0 Å². The van der Waals surface area contributed by atoms with Crippen molar-refractivity contribution in [1.29, 1.82) is 0 Å². The number of rotatable bonds is 10. The molecule has 0 fully saturated rings. The quantitative estimate of drug-likeness (QED) is 0.329. The molecule has 3 aromatic rings. The molecular formula is C27H29F4N3O4. The SMILES string of the molecule is COc1cc(C(=O)NCC(c2cc(C(C)(C)N)cc(-c3ccc(F)cc3)n2)C(F)(F)F)ccc1OCCO. The molecule has 2 aromatic carbocycles. The number of alkyl halides is 3. The van der Waals surface area contributed by atoms with Crippen LogP contribution in [0.1, 0.15) is 41.4 Å². The Morgan fingerprint density at radius 2 is 1.76 bits per heavy atom. The molecule has 11 heteroatoms. The van der Waals surface area contributed by atoms with E-state index in [4.69, 9.17) is 20.3 Å². The van der Waals surface area contributed by atoms with Crippen LogP contribution < -0.4 is 20.5 Å². The van der Waals surface area contributed by atoms with Crippen molar-refractivity contribution in [2.75, 3.05) is 26.9 Å². The van der Waals surface area contributed by atoms with E-state index in [1.54, 1.807) is 19.9 Å². The van der Waals surface area contributed by atoms with Gasteiger partial charge in [-0.25, -0.2) is 4.39 Å². The Hall–Kier alpha value is -3.70. The molecule has 1 amide bonds. The van der Waals surface area contributed by atoms with Gasteiger partial charge in [0.2, 0.25) is 0 Å². The Balaban J connectivity index is 1.93. The number of ether oxygens (including phenoxy) is 2. The number of nitrogens with one attached hydrogen (secondary N) is 1. The van der Waals surface area contributed by atoms with E-state index in [2.05, 4.69) is 10.3 Å². The average Bonchev–Trinajstić information content (AvgIpc) is 2.86. The van der Waals surface area contributed by atoms with Crippen LogP contribution in [0.5, 0.6) is 11.5 Å². The zero-order valence-electron chi connectivity index (χ0n) is 21.1. The smallest absolute Gasteiger partial charge is 0.398 e. The zero-order chi connectivity index (χ0) is 28.1. The molecule has 0 saturated heterocycles. The first kappa shape index (κ1) is 28.9. The summed E-state index contributed by atoms with van der Waals surface area (Å²) in [5.74, 6) is -2.96. The molecule has 0 aliphatic rings. The van der Waals surface area contributed by atoms with Crippen LogP contribution in [0.4, 0.5) is 17.6 Å². The van der Waals surface area contributed by atoms with Crippen molar-refractivity contribution in [2.45, 2.75) is 31.5 Å². The summed E-state index contributed by atoms with van der Waals surface area (Å²) < 4.78 is 66.6. The van der Waals surface area contributed by atoms with Crippen LogP contribution >= 0.6 is 0 Å². The van der Waals surface area contributed by atoms with Gasteiger partial charge in [-0.1, -0.05) is 0 Å². The summed E-state index contributed by atoms with van der Waals surface area (Å²) in [4.78, 5) is 17.0. The molecule has 3 rings (SSSR count). The fraction of sp³-hybridized carbons (Fsp3) is 0.333. The summed E-state index contributed by atoms with van der Waals surface area (Å²) in [7, 11) is 1.35. The van der Waals surface area contributed by atoms with Crippen LogP contribution in [0, 0.1) is 5.82 Å². The summed E-state index contributed by atoms with van der Waals surface area (Å²) >= 11 is 0. The van der Waals surface area contributed by atoms with Crippen LogP contribution in [0.25, 0.3) is 11.3 Å². The van der Waals surface area contributed by atoms with E-state index in [1.165, 1.54) is 55.6 Å². The molecule has 0 radical (unpaired) electrons. The molecule has 1 heterocycles. The summed E-state index contributed by atoms with van der Waals surface area (Å²) in [6.45, 7) is 2.26. The Bertz CT molecular complexity index is 1260.